The van der Waals surface area contributed by atoms with Gasteiger partial charge in [0.1, 0.15) is 5.69 Å². The summed E-state index contributed by atoms with van der Waals surface area (Å²) in [4.78, 5) is 10.9. The molecule has 1 aromatic rings. The zero-order chi connectivity index (χ0) is 10.6. The third-order valence-corrected chi connectivity index (χ3v) is 2.06. The third kappa shape index (κ3) is 2.13. The van der Waals surface area contributed by atoms with E-state index in [2.05, 4.69) is 0 Å². The fourth-order valence-corrected chi connectivity index (χ4v) is 1.39. The molecule has 1 rings (SSSR count). The van der Waals surface area contributed by atoms with Crippen LogP contribution in [-0.2, 0) is 6.54 Å². The average Bonchev–Trinajstić information content (AvgIpc) is 2.47. The number of hydrogen-bond donors (Lipinski definition) is 1. The van der Waals surface area contributed by atoms with Gasteiger partial charge in [0.15, 0.2) is 0 Å². The molecule has 0 atom stereocenters. The largest absolute Gasteiger partial charge is 0.477 e. The van der Waals surface area contributed by atoms with E-state index >= 15 is 0 Å². The van der Waals surface area contributed by atoms with Gasteiger partial charge in [-0.2, -0.15) is 5.26 Å². The molecule has 4 heteroatoms. The van der Waals surface area contributed by atoms with Gasteiger partial charge in [0, 0.05) is 19.2 Å². The fraction of sp³-hybridized carbons (Fsp3) is 0.400. The fourth-order valence-electron chi connectivity index (χ4n) is 1.39. The molecule has 14 heavy (non-hydrogen) atoms. The maximum atomic E-state index is 10.9. The van der Waals surface area contributed by atoms with Gasteiger partial charge >= 0.3 is 5.97 Å². The molecular weight excluding hydrogens is 180 g/mol. The Morgan fingerprint density at radius 2 is 2.43 bits per heavy atom. The Labute approximate surface area is 82.4 Å². The monoisotopic (exact) mass is 192 g/mol. The number of nitriles is 1. The van der Waals surface area contributed by atoms with Crippen LogP contribution in [0.2, 0.25) is 0 Å². The van der Waals surface area contributed by atoms with Crippen molar-refractivity contribution in [1.82, 2.24) is 4.57 Å². The zero-order valence-electron chi connectivity index (χ0n) is 8.03. The van der Waals surface area contributed by atoms with E-state index in [1.54, 1.807) is 23.8 Å². The quantitative estimate of drug-likeness (QED) is 0.739. The van der Waals surface area contributed by atoms with Crippen molar-refractivity contribution in [2.24, 2.45) is 0 Å². The predicted molar refractivity (Wildman–Crippen MR) is 51.0 cm³/mol. The number of carbonyl (C=O) groups is 1. The van der Waals surface area contributed by atoms with Crippen molar-refractivity contribution in [2.45, 2.75) is 26.3 Å². The molecular formula is C10H12N2O2. The first-order valence-corrected chi connectivity index (χ1v) is 4.42. The summed E-state index contributed by atoms with van der Waals surface area (Å²) in [6.07, 6.45) is 2.89. The first kappa shape index (κ1) is 10.3. The Kier molecular flexibility index (Phi) is 3.29. The topological polar surface area (TPSA) is 66.0 Å². The number of unbranched alkanes of at least 4 members (excludes halogenated alkanes) is 1. The van der Waals surface area contributed by atoms with Crippen molar-refractivity contribution in [3.63, 3.8) is 0 Å². The summed E-state index contributed by atoms with van der Waals surface area (Å²) in [7, 11) is 0. The lowest BCUT2D eigenvalue weighted by Gasteiger charge is -2.04. The van der Waals surface area contributed by atoms with Crippen molar-refractivity contribution in [1.29, 1.82) is 5.26 Å². The van der Waals surface area contributed by atoms with Crippen LogP contribution in [0.4, 0.5) is 0 Å². The average molecular weight is 192 g/mol. The number of hydrogen-bond acceptors (Lipinski definition) is 2. The summed E-state index contributed by atoms with van der Waals surface area (Å²) in [5, 5.41) is 17.3. The molecule has 0 amide bonds. The molecule has 0 saturated carbocycles. The van der Waals surface area contributed by atoms with E-state index in [-0.39, 0.29) is 0 Å². The Balaban J connectivity index is 2.77. The number of aromatic carboxylic acids is 1. The number of aryl methyl sites for hydroxylation is 2. The van der Waals surface area contributed by atoms with Crippen LogP contribution in [0.15, 0.2) is 12.3 Å². The zero-order valence-corrected chi connectivity index (χ0v) is 8.03. The van der Waals surface area contributed by atoms with Gasteiger partial charge in [0.2, 0.25) is 0 Å². The van der Waals surface area contributed by atoms with E-state index in [1.165, 1.54) is 0 Å². The van der Waals surface area contributed by atoms with Gasteiger partial charge in [-0.25, -0.2) is 4.79 Å². The number of nitrogens with zero attached hydrogens (tertiary/aromatic N) is 2. The summed E-state index contributed by atoms with van der Waals surface area (Å²) in [6, 6.07) is 3.81. The Bertz CT molecular complexity index is 374. The normalized spacial score (nSPS) is 9.71. The van der Waals surface area contributed by atoms with Crippen LogP contribution in [0.3, 0.4) is 0 Å². The summed E-state index contributed by atoms with van der Waals surface area (Å²) >= 11 is 0. The molecule has 0 radical (unpaired) electrons. The number of carboxylic acid groups (broad SMARTS) is 1. The van der Waals surface area contributed by atoms with E-state index in [9.17, 15) is 4.79 Å². The summed E-state index contributed by atoms with van der Waals surface area (Å²) in [6.45, 7) is 2.35. The lowest BCUT2D eigenvalue weighted by atomic mass is 10.2. The summed E-state index contributed by atoms with van der Waals surface area (Å²) in [5.74, 6) is -0.913. The molecule has 0 bridgehead atoms. The second-order valence-corrected chi connectivity index (χ2v) is 3.11. The maximum Gasteiger partial charge on any atom is 0.352 e. The van der Waals surface area contributed by atoms with Crippen molar-refractivity contribution < 1.29 is 9.90 Å². The van der Waals surface area contributed by atoms with Crippen LogP contribution in [0, 0.1) is 18.3 Å². The molecule has 0 aliphatic carbocycles. The molecule has 0 unspecified atom stereocenters. The van der Waals surface area contributed by atoms with Crippen molar-refractivity contribution in [3.05, 3.63) is 23.5 Å². The number of aromatic nitrogens is 1. The van der Waals surface area contributed by atoms with Crippen LogP contribution >= 0.6 is 0 Å². The third-order valence-electron chi connectivity index (χ3n) is 2.06. The summed E-state index contributed by atoms with van der Waals surface area (Å²) < 4.78 is 1.68. The molecule has 0 aliphatic rings. The predicted octanol–water partition coefficient (Wildman–Crippen LogP) is 1.80. The number of carboxylic acids is 1. The Hall–Kier alpha value is -1.76. The molecule has 0 spiro atoms. The van der Waals surface area contributed by atoms with E-state index in [0.29, 0.717) is 25.1 Å². The molecule has 0 aromatic carbocycles. The van der Waals surface area contributed by atoms with Crippen LogP contribution in [0.5, 0.6) is 0 Å². The molecule has 1 heterocycles. The lowest BCUT2D eigenvalue weighted by molar-refractivity contribution is 0.0684. The Morgan fingerprint density at radius 1 is 1.71 bits per heavy atom. The second-order valence-electron chi connectivity index (χ2n) is 3.11. The van der Waals surface area contributed by atoms with Gasteiger partial charge in [-0.15, -0.1) is 0 Å². The van der Waals surface area contributed by atoms with Gasteiger partial charge in [0.25, 0.3) is 0 Å². The van der Waals surface area contributed by atoms with Gasteiger partial charge in [0.05, 0.1) is 6.07 Å². The van der Waals surface area contributed by atoms with Crippen molar-refractivity contribution >= 4 is 5.97 Å². The van der Waals surface area contributed by atoms with Crippen LogP contribution in [0.1, 0.15) is 28.9 Å². The highest BCUT2D eigenvalue weighted by atomic mass is 16.4. The number of rotatable bonds is 4. The molecule has 0 aliphatic heterocycles. The highest BCUT2D eigenvalue weighted by Gasteiger charge is 2.12. The van der Waals surface area contributed by atoms with Gasteiger partial charge in [-0.1, -0.05) is 0 Å². The minimum absolute atomic E-state index is 0.322. The van der Waals surface area contributed by atoms with Crippen molar-refractivity contribution in [2.75, 3.05) is 0 Å². The van der Waals surface area contributed by atoms with Gasteiger partial charge < -0.3 is 9.67 Å². The summed E-state index contributed by atoms with van der Waals surface area (Å²) in [5.41, 5.74) is 1.08. The van der Waals surface area contributed by atoms with E-state index in [0.717, 1.165) is 5.56 Å². The lowest BCUT2D eigenvalue weighted by Crippen LogP contribution is -2.09. The molecule has 74 valence electrons. The molecule has 0 saturated heterocycles. The SMILES string of the molecule is Cc1ccn(CCCC#N)c1C(=O)O. The van der Waals surface area contributed by atoms with E-state index < -0.39 is 5.97 Å². The van der Waals surface area contributed by atoms with Gasteiger partial charge in [-0.05, 0) is 25.0 Å². The first-order chi connectivity index (χ1) is 6.66. The van der Waals surface area contributed by atoms with Crippen molar-refractivity contribution in [3.8, 4) is 6.07 Å². The molecule has 1 N–H and O–H groups in total. The van der Waals surface area contributed by atoms with Crippen LogP contribution < -0.4 is 0 Å². The Morgan fingerprint density at radius 3 is 3.00 bits per heavy atom. The highest BCUT2D eigenvalue weighted by Crippen LogP contribution is 2.10. The minimum atomic E-state index is -0.913. The first-order valence-electron chi connectivity index (χ1n) is 4.42. The maximum absolute atomic E-state index is 10.9. The smallest absolute Gasteiger partial charge is 0.352 e. The molecule has 1 aromatic heterocycles. The van der Waals surface area contributed by atoms with Crippen LogP contribution in [0.25, 0.3) is 0 Å². The molecule has 0 fully saturated rings. The highest BCUT2D eigenvalue weighted by molar-refractivity contribution is 5.87. The van der Waals surface area contributed by atoms with Gasteiger partial charge in [-0.3, -0.25) is 0 Å². The van der Waals surface area contributed by atoms with Crippen LogP contribution in [-0.4, -0.2) is 15.6 Å². The van der Waals surface area contributed by atoms with E-state index in [1.807, 2.05) is 6.07 Å². The molecule has 4 nitrogen and oxygen atoms in total. The van der Waals surface area contributed by atoms with E-state index in [4.69, 9.17) is 10.4 Å². The second kappa shape index (κ2) is 4.47. The minimum Gasteiger partial charge on any atom is -0.477 e. The standard InChI is InChI=1S/C10H12N2O2/c1-8-4-7-12(6-3-2-5-11)9(8)10(13)14/h4,7H,2-3,6H2,1H3,(H,13,14).